The number of ether oxygens (including phenoxy) is 1. The molecule has 1 aliphatic heterocycles. The van der Waals surface area contributed by atoms with Gasteiger partial charge in [0.1, 0.15) is 0 Å². The molecule has 1 rings (SSSR count). The van der Waals surface area contributed by atoms with Crippen LogP contribution in [0, 0.1) is 5.92 Å². The fraction of sp³-hybridized carbons (Fsp3) is 1.00. The van der Waals surface area contributed by atoms with Crippen molar-refractivity contribution in [2.75, 3.05) is 19.7 Å². The van der Waals surface area contributed by atoms with E-state index in [4.69, 9.17) is 4.74 Å². The summed E-state index contributed by atoms with van der Waals surface area (Å²) >= 11 is 0. The van der Waals surface area contributed by atoms with Crippen LogP contribution in [0.15, 0.2) is 0 Å². The second-order valence-electron chi connectivity index (χ2n) is 5.04. The molecule has 0 aliphatic carbocycles. The van der Waals surface area contributed by atoms with E-state index in [2.05, 4.69) is 19.2 Å². The molecule has 0 spiro atoms. The Morgan fingerprint density at radius 3 is 2.81 bits per heavy atom. The van der Waals surface area contributed by atoms with E-state index in [9.17, 15) is 0 Å². The van der Waals surface area contributed by atoms with E-state index >= 15 is 0 Å². The molecule has 1 heterocycles. The van der Waals surface area contributed by atoms with Gasteiger partial charge in [0.25, 0.3) is 0 Å². The number of unbranched alkanes of at least 4 members (excludes halogenated alkanes) is 1. The van der Waals surface area contributed by atoms with Gasteiger partial charge < -0.3 is 10.1 Å². The predicted molar refractivity (Wildman–Crippen MR) is 69.8 cm³/mol. The molecule has 2 nitrogen and oxygen atoms in total. The lowest BCUT2D eigenvalue weighted by atomic mass is 9.96. The summed E-state index contributed by atoms with van der Waals surface area (Å²) in [6.07, 6.45) is 9.81. The van der Waals surface area contributed by atoms with E-state index in [1.807, 2.05) is 0 Å². The van der Waals surface area contributed by atoms with Crippen molar-refractivity contribution in [1.82, 2.24) is 5.32 Å². The highest BCUT2D eigenvalue weighted by molar-refractivity contribution is 4.68. The molecule has 96 valence electrons. The van der Waals surface area contributed by atoms with Crippen molar-refractivity contribution in [2.45, 2.75) is 64.9 Å². The van der Waals surface area contributed by atoms with Crippen molar-refractivity contribution in [3.8, 4) is 0 Å². The molecule has 16 heavy (non-hydrogen) atoms. The molecule has 0 radical (unpaired) electrons. The van der Waals surface area contributed by atoms with E-state index in [0.717, 1.165) is 19.1 Å². The van der Waals surface area contributed by atoms with Gasteiger partial charge in [-0.1, -0.05) is 39.5 Å². The summed E-state index contributed by atoms with van der Waals surface area (Å²) in [6, 6.07) is 0. The first kappa shape index (κ1) is 14.0. The summed E-state index contributed by atoms with van der Waals surface area (Å²) in [5.41, 5.74) is 0. The third-order valence-electron chi connectivity index (χ3n) is 3.67. The largest absolute Gasteiger partial charge is 0.377 e. The monoisotopic (exact) mass is 227 g/mol. The van der Waals surface area contributed by atoms with Crippen LogP contribution in [0.5, 0.6) is 0 Å². The quantitative estimate of drug-likeness (QED) is 0.610. The van der Waals surface area contributed by atoms with Crippen LogP contribution in [0.3, 0.4) is 0 Å². The minimum Gasteiger partial charge on any atom is -0.377 e. The zero-order valence-corrected chi connectivity index (χ0v) is 11.1. The summed E-state index contributed by atoms with van der Waals surface area (Å²) in [5.74, 6) is 0.928. The van der Waals surface area contributed by atoms with E-state index in [-0.39, 0.29) is 0 Å². The second-order valence-corrected chi connectivity index (χ2v) is 5.04. The van der Waals surface area contributed by atoms with Crippen LogP contribution in [0.1, 0.15) is 58.8 Å². The Kier molecular flexibility index (Phi) is 7.87. The van der Waals surface area contributed by atoms with Gasteiger partial charge >= 0.3 is 0 Å². The van der Waals surface area contributed by atoms with Crippen LogP contribution < -0.4 is 5.32 Å². The lowest BCUT2D eigenvalue weighted by Crippen LogP contribution is -2.28. The standard InChI is InChI=1S/C14H29NO/c1-3-5-7-13(4-2)9-10-15-12-14-8-6-11-16-14/h13-15H,3-12H2,1-2H3. The zero-order valence-electron chi connectivity index (χ0n) is 11.1. The first-order valence-corrected chi connectivity index (χ1v) is 7.19. The first-order valence-electron chi connectivity index (χ1n) is 7.19. The molecule has 2 atom stereocenters. The lowest BCUT2D eigenvalue weighted by molar-refractivity contribution is 0.110. The van der Waals surface area contributed by atoms with Gasteiger partial charge in [0, 0.05) is 13.2 Å². The Morgan fingerprint density at radius 2 is 2.19 bits per heavy atom. The molecule has 0 saturated carbocycles. The highest BCUT2D eigenvalue weighted by Gasteiger charge is 2.14. The molecule has 1 N–H and O–H groups in total. The summed E-state index contributed by atoms with van der Waals surface area (Å²) in [6.45, 7) is 7.80. The van der Waals surface area contributed by atoms with Crippen LogP contribution in [-0.4, -0.2) is 25.8 Å². The van der Waals surface area contributed by atoms with Crippen LogP contribution in [0.2, 0.25) is 0 Å². The Bertz CT molecular complexity index is 155. The highest BCUT2D eigenvalue weighted by Crippen LogP contribution is 2.16. The van der Waals surface area contributed by atoms with E-state index in [1.165, 1.54) is 51.5 Å². The minimum absolute atomic E-state index is 0.496. The molecule has 1 saturated heterocycles. The topological polar surface area (TPSA) is 21.3 Å². The van der Waals surface area contributed by atoms with Gasteiger partial charge in [0.2, 0.25) is 0 Å². The Labute approximate surface area is 101 Å². The summed E-state index contributed by atoms with van der Waals surface area (Å²) in [7, 11) is 0. The fourth-order valence-electron chi connectivity index (χ4n) is 2.42. The third-order valence-corrected chi connectivity index (χ3v) is 3.67. The maximum absolute atomic E-state index is 5.59. The van der Waals surface area contributed by atoms with E-state index in [1.54, 1.807) is 0 Å². The molecule has 1 aliphatic rings. The van der Waals surface area contributed by atoms with Crippen molar-refractivity contribution in [2.24, 2.45) is 5.92 Å². The average molecular weight is 227 g/mol. The predicted octanol–water partition coefficient (Wildman–Crippen LogP) is 3.36. The smallest absolute Gasteiger partial charge is 0.0700 e. The van der Waals surface area contributed by atoms with Crippen LogP contribution in [0.4, 0.5) is 0 Å². The molecule has 0 aromatic heterocycles. The van der Waals surface area contributed by atoms with E-state index in [0.29, 0.717) is 6.10 Å². The normalized spacial score (nSPS) is 22.5. The van der Waals surface area contributed by atoms with Crippen molar-refractivity contribution in [3.05, 3.63) is 0 Å². The third kappa shape index (κ3) is 5.86. The summed E-state index contributed by atoms with van der Waals surface area (Å²) in [5, 5.41) is 3.54. The van der Waals surface area contributed by atoms with E-state index < -0.39 is 0 Å². The fourth-order valence-corrected chi connectivity index (χ4v) is 2.42. The van der Waals surface area contributed by atoms with Crippen molar-refractivity contribution >= 4 is 0 Å². The van der Waals surface area contributed by atoms with Gasteiger partial charge in [0.15, 0.2) is 0 Å². The van der Waals surface area contributed by atoms with Crippen molar-refractivity contribution in [1.29, 1.82) is 0 Å². The molecule has 0 amide bonds. The molecular weight excluding hydrogens is 198 g/mol. The SMILES string of the molecule is CCCCC(CC)CCNCC1CCCO1. The number of hydrogen-bond donors (Lipinski definition) is 1. The Balaban J connectivity index is 1.95. The molecule has 0 aromatic carbocycles. The average Bonchev–Trinajstić information content (AvgIpc) is 2.81. The maximum Gasteiger partial charge on any atom is 0.0700 e. The molecule has 0 aromatic rings. The Morgan fingerprint density at radius 1 is 1.31 bits per heavy atom. The van der Waals surface area contributed by atoms with Gasteiger partial charge in [-0.15, -0.1) is 0 Å². The minimum atomic E-state index is 0.496. The number of nitrogens with one attached hydrogen (secondary N) is 1. The highest BCUT2D eigenvalue weighted by atomic mass is 16.5. The van der Waals surface area contributed by atoms with Crippen molar-refractivity contribution < 1.29 is 4.74 Å². The molecule has 2 unspecified atom stereocenters. The van der Waals surface area contributed by atoms with Gasteiger partial charge in [-0.05, 0) is 31.7 Å². The van der Waals surface area contributed by atoms with Gasteiger partial charge in [0.05, 0.1) is 6.10 Å². The summed E-state index contributed by atoms with van der Waals surface area (Å²) in [4.78, 5) is 0. The van der Waals surface area contributed by atoms with Crippen molar-refractivity contribution in [3.63, 3.8) is 0 Å². The van der Waals surface area contributed by atoms with Gasteiger partial charge in [-0.3, -0.25) is 0 Å². The molecule has 2 heteroatoms. The summed E-state index contributed by atoms with van der Waals surface area (Å²) < 4.78 is 5.59. The van der Waals surface area contributed by atoms with Crippen LogP contribution >= 0.6 is 0 Å². The van der Waals surface area contributed by atoms with Gasteiger partial charge in [-0.2, -0.15) is 0 Å². The molecule has 0 bridgehead atoms. The number of hydrogen-bond acceptors (Lipinski definition) is 2. The molecular formula is C14H29NO. The first-order chi connectivity index (χ1) is 7.86. The lowest BCUT2D eigenvalue weighted by Gasteiger charge is -2.16. The number of rotatable bonds is 9. The zero-order chi connectivity index (χ0) is 11.6. The molecule has 1 fully saturated rings. The maximum atomic E-state index is 5.59. The van der Waals surface area contributed by atoms with Crippen LogP contribution in [-0.2, 0) is 4.74 Å². The van der Waals surface area contributed by atoms with Gasteiger partial charge in [-0.25, -0.2) is 0 Å². The Hall–Kier alpha value is -0.0800. The second kappa shape index (κ2) is 9.00. The van der Waals surface area contributed by atoms with Crippen LogP contribution in [0.25, 0.3) is 0 Å².